The molecule has 0 aliphatic carbocycles. The van der Waals surface area contributed by atoms with Gasteiger partial charge in [-0.3, -0.25) is 4.79 Å². The first-order valence-electron chi connectivity index (χ1n) is 4.82. The van der Waals surface area contributed by atoms with Crippen LogP contribution < -0.4 is 4.90 Å². The molecule has 1 atom stereocenters. The van der Waals surface area contributed by atoms with Gasteiger partial charge >= 0.3 is 0 Å². The third-order valence-electron chi connectivity index (χ3n) is 2.05. The third kappa shape index (κ3) is 3.45. The predicted octanol–water partition coefficient (Wildman–Crippen LogP) is 2.93. The second-order valence-electron chi connectivity index (χ2n) is 3.08. The minimum absolute atomic E-state index is 0.248. The second kappa shape index (κ2) is 5.62. The Bertz CT molecular complexity index is 362. The van der Waals surface area contributed by atoms with Crippen LogP contribution in [0.25, 0.3) is 0 Å². The number of rotatable bonds is 2. The van der Waals surface area contributed by atoms with Crippen LogP contribution in [0.1, 0.15) is 13.8 Å². The fourth-order valence-corrected chi connectivity index (χ4v) is 1.61. The van der Waals surface area contributed by atoms with Crippen LogP contribution in [0.4, 0.5) is 10.5 Å². The minimum atomic E-state index is -0.248. The van der Waals surface area contributed by atoms with E-state index in [-0.39, 0.29) is 5.65 Å². The predicted molar refractivity (Wildman–Crippen MR) is 67.7 cm³/mol. The average Bonchev–Trinajstić information content (AvgIpc) is 2.19. The van der Waals surface area contributed by atoms with E-state index in [4.69, 9.17) is 0 Å². The van der Waals surface area contributed by atoms with Gasteiger partial charge in [0.25, 0.3) is 5.65 Å². The van der Waals surface area contributed by atoms with Crippen molar-refractivity contribution in [3.63, 3.8) is 0 Å². The van der Waals surface area contributed by atoms with E-state index in [0.717, 1.165) is 12.2 Å². The number of aliphatic imine (C=N–C) groups is 1. The molecule has 0 aromatic heterocycles. The van der Waals surface area contributed by atoms with Crippen LogP contribution >= 0.6 is 9.24 Å². The van der Waals surface area contributed by atoms with Gasteiger partial charge in [0, 0.05) is 12.2 Å². The van der Waals surface area contributed by atoms with Crippen molar-refractivity contribution in [2.75, 3.05) is 11.4 Å². The summed E-state index contributed by atoms with van der Waals surface area (Å²) >= 11 is 0. The average molecular weight is 222 g/mol. The van der Waals surface area contributed by atoms with Crippen LogP contribution in [0.3, 0.4) is 0 Å². The van der Waals surface area contributed by atoms with E-state index in [1.807, 2.05) is 49.1 Å². The monoisotopic (exact) mass is 222 g/mol. The summed E-state index contributed by atoms with van der Waals surface area (Å²) in [6.07, 6.45) is 0. The number of para-hydroxylation sites is 1. The van der Waals surface area contributed by atoms with Crippen molar-refractivity contribution in [3.05, 3.63) is 30.3 Å². The molecule has 1 unspecified atom stereocenters. The van der Waals surface area contributed by atoms with Crippen LogP contribution in [0.15, 0.2) is 35.3 Å². The molecule has 0 aliphatic rings. The maximum Gasteiger partial charge on any atom is 0.261 e. The summed E-state index contributed by atoms with van der Waals surface area (Å²) in [5.41, 5.74) is 0.800. The zero-order chi connectivity index (χ0) is 11.3. The van der Waals surface area contributed by atoms with Gasteiger partial charge in [-0.1, -0.05) is 18.2 Å². The maximum absolute atomic E-state index is 10.9. The molecule has 4 heteroatoms. The van der Waals surface area contributed by atoms with Gasteiger partial charge in [-0.15, -0.1) is 0 Å². The number of nitrogens with zero attached hydrogens (tertiary/aromatic N) is 2. The van der Waals surface area contributed by atoms with E-state index in [1.54, 1.807) is 0 Å². The summed E-state index contributed by atoms with van der Waals surface area (Å²) in [6, 6.07) is 9.89. The van der Waals surface area contributed by atoms with Gasteiger partial charge in [-0.05, 0) is 35.2 Å². The molecular formula is C11H15N2OP. The molecule has 1 rings (SSSR count). The molecule has 1 aromatic carbocycles. The van der Waals surface area contributed by atoms with Crippen molar-refractivity contribution in [1.82, 2.24) is 0 Å². The highest BCUT2D eigenvalue weighted by Crippen LogP contribution is 2.13. The molecule has 1 aromatic rings. The van der Waals surface area contributed by atoms with E-state index >= 15 is 0 Å². The Morgan fingerprint density at radius 2 is 2.00 bits per heavy atom. The minimum Gasteiger partial charge on any atom is -0.330 e. The Morgan fingerprint density at radius 3 is 2.47 bits per heavy atom. The number of hydrogen-bond donors (Lipinski definition) is 0. The topological polar surface area (TPSA) is 32.7 Å². The number of carbonyl (C=O) groups is 1. The molecule has 0 fully saturated rings. The van der Waals surface area contributed by atoms with Gasteiger partial charge in [0.05, 0.1) is 0 Å². The lowest BCUT2D eigenvalue weighted by Crippen LogP contribution is -2.28. The highest BCUT2D eigenvalue weighted by molar-refractivity contribution is 7.40. The lowest BCUT2D eigenvalue weighted by molar-refractivity contribution is 0.267. The Hall–Kier alpha value is -1.21. The molecule has 3 nitrogen and oxygen atoms in total. The molecule has 0 radical (unpaired) electrons. The highest BCUT2D eigenvalue weighted by Gasteiger charge is 2.06. The van der Waals surface area contributed by atoms with Gasteiger partial charge in [-0.25, -0.2) is 0 Å². The maximum atomic E-state index is 10.9. The van der Waals surface area contributed by atoms with Crippen LogP contribution in [-0.2, 0) is 0 Å². The largest absolute Gasteiger partial charge is 0.330 e. The zero-order valence-electron chi connectivity index (χ0n) is 8.97. The van der Waals surface area contributed by atoms with E-state index in [1.165, 1.54) is 0 Å². The van der Waals surface area contributed by atoms with Gasteiger partial charge in [0.2, 0.25) is 0 Å². The molecule has 80 valence electrons. The lowest BCUT2D eigenvalue weighted by Gasteiger charge is -2.22. The van der Waals surface area contributed by atoms with Gasteiger partial charge in [-0.2, -0.15) is 4.99 Å². The smallest absolute Gasteiger partial charge is 0.261 e. The van der Waals surface area contributed by atoms with E-state index in [9.17, 15) is 4.79 Å². The number of anilines is 1. The van der Waals surface area contributed by atoms with E-state index in [0.29, 0.717) is 5.84 Å². The summed E-state index contributed by atoms with van der Waals surface area (Å²) in [7, 11) is 2.05. The number of amides is 1. The van der Waals surface area contributed by atoms with Gasteiger partial charge in [0.15, 0.2) is 0 Å². The molecule has 15 heavy (non-hydrogen) atoms. The van der Waals surface area contributed by atoms with E-state index < -0.39 is 0 Å². The van der Waals surface area contributed by atoms with Crippen molar-refractivity contribution >= 4 is 26.4 Å². The van der Waals surface area contributed by atoms with Crippen LogP contribution in [0, 0.1) is 0 Å². The fourth-order valence-electron chi connectivity index (χ4n) is 1.43. The first kappa shape index (κ1) is 11.9. The number of carbonyl (C=O) groups excluding carboxylic acids is 1. The number of amidine groups is 1. The van der Waals surface area contributed by atoms with Crippen molar-refractivity contribution in [3.8, 4) is 0 Å². The normalized spacial score (nSPS) is 11.3. The summed E-state index contributed by atoms with van der Waals surface area (Å²) < 4.78 is 0. The summed E-state index contributed by atoms with van der Waals surface area (Å²) in [4.78, 5) is 16.7. The summed E-state index contributed by atoms with van der Waals surface area (Å²) in [5, 5.41) is 0. The molecule has 0 heterocycles. The molecule has 0 saturated carbocycles. The molecular weight excluding hydrogens is 207 g/mol. The molecule has 0 saturated heterocycles. The second-order valence-corrected chi connectivity index (χ2v) is 3.57. The molecule has 0 aliphatic heterocycles. The summed E-state index contributed by atoms with van der Waals surface area (Å²) in [5.74, 6) is 0.712. The molecule has 0 N–H and O–H groups in total. The SMILES string of the molecule is CCN(C(C)=NC(=O)P)c1ccccc1. The highest BCUT2D eigenvalue weighted by atomic mass is 31.0. The Labute approximate surface area is 92.4 Å². The van der Waals surface area contributed by atoms with Crippen molar-refractivity contribution in [1.29, 1.82) is 0 Å². The zero-order valence-corrected chi connectivity index (χ0v) is 10.1. The molecule has 0 bridgehead atoms. The molecule has 0 spiro atoms. The standard InChI is InChI=1S/C11H15N2OP/c1-3-13(9(2)12-11(14)15)10-7-5-4-6-8-10/h4-8H,3,15H2,1-2H3. The third-order valence-corrected chi connectivity index (χ3v) is 2.18. The first-order valence-corrected chi connectivity index (χ1v) is 5.40. The van der Waals surface area contributed by atoms with Crippen molar-refractivity contribution < 1.29 is 4.79 Å². The van der Waals surface area contributed by atoms with Crippen LogP contribution in [0.5, 0.6) is 0 Å². The van der Waals surface area contributed by atoms with Crippen molar-refractivity contribution in [2.45, 2.75) is 13.8 Å². The number of hydrogen-bond acceptors (Lipinski definition) is 1. The molecule has 1 amide bonds. The Kier molecular flexibility index (Phi) is 4.44. The van der Waals surface area contributed by atoms with Gasteiger partial charge < -0.3 is 4.90 Å². The van der Waals surface area contributed by atoms with Gasteiger partial charge in [0.1, 0.15) is 5.84 Å². The number of benzene rings is 1. The quantitative estimate of drug-likeness (QED) is 0.438. The van der Waals surface area contributed by atoms with Crippen molar-refractivity contribution in [2.24, 2.45) is 4.99 Å². The van der Waals surface area contributed by atoms with Crippen LogP contribution in [-0.4, -0.2) is 18.0 Å². The fraction of sp³-hybridized carbons (Fsp3) is 0.273. The Balaban J connectivity index is 2.95. The summed E-state index contributed by atoms with van der Waals surface area (Å²) in [6.45, 7) is 4.65. The van der Waals surface area contributed by atoms with Crippen LogP contribution in [0.2, 0.25) is 0 Å². The van der Waals surface area contributed by atoms with E-state index in [2.05, 4.69) is 14.2 Å². The Morgan fingerprint density at radius 1 is 1.40 bits per heavy atom. The first-order chi connectivity index (χ1) is 7.15. The lowest BCUT2D eigenvalue weighted by atomic mass is 10.3.